The minimum absolute atomic E-state index is 0.0274. The maximum Gasteiger partial charge on any atom is 0.271 e. The monoisotopic (exact) mass is 501 g/mol. The Morgan fingerprint density at radius 3 is 2.23 bits per heavy atom. The molecule has 0 saturated heterocycles. The smallest absolute Gasteiger partial charge is 0.271 e. The highest BCUT2D eigenvalue weighted by atomic mass is 32.2. The third kappa shape index (κ3) is 7.23. The van der Waals surface area contributed by atoms with E-state index < -0.39 is 21.1 Å². The lowest BCUT2D eigenvalue weighted by molar-refractivity contribution is 0.269. The van der Waals surface area contributed by atoms with E-state index in [2.05, 4.69) is 35.7 Å². The van der Waals surface area contributed by atoms with E-state index in [9.17, 15) is 23.6 Å². The summed E-state index contributed by atoms with van der Waals surface area (Å²) in [6.07, 6.45) is 2.10. The van der Waals surface area contributed by atoms with Gasteiger partial charge in [-0.2, -0.15) is 10.4 Å². The molecule has 0 aliphatic heterocycles. The van der Waals surface area contributed by atoms with Gasteiger partial charge in [-0.15, -0.1) is 5.11 Å². The van der Waals surface area contributed by atoms with Crippen LogP contribution in [0.1, 0.15) is 71.9 Å². The number of sulfonamides is 1. The van der Waals surface area contributed by atoms with E-state index in [1.165, 1.54) is 31.2 Å². The minimum atomic E-state index is -3.75. The van der Waals surface area contributed by atoms with Crippen LogP contribution in [0.2, 0.25) is 0 Å². The Bertz CT molecular complexity index is 1300. The molecule has 0 aliphatic carbocycles. The first-order valence-corrected chi connectivity index (χ1v) is 13.0. The summed E-state index contributed by atoms with van der Waals surface area (Å²) in [6, 6.07) is 7.74. The van der Waals surface area contributed by atoms with Crippen LogP contribution in [0.25, 0.3) is 0 Å². The molecule has 1 heterocycles. The molecule has 0 fully saturated rings. The van der Waals surface area contributed by atoms with Crippen molar-refractivity contribution in [1.29, 1.82) is 5.26 Å². The average molecular weight is 502 g/mol. The van der Waals surface area contributed by atoms with E-state index in [4.69, 9.17) is 0 Å². The van der Waals surface area contributed by atoms with Crippen LogP contribution in [0.3, 0.4) is 0 Å². The van der Waals surface area contributed by atoms with Gasteiger partial charge in [-0.3, -0.25) is 9.36 Å². The lowest BCUT2D eigenvalue weighted by atomic mass is 9.82. The van der Waals surface area contributed by atoms with E-state index >= 15 is 0 Å². The summed E-state index contributed by atoms with van der Waals surface area (Å²) in [6.45, 7) is 13.6. The predicted octanol–water partition coefficient (Wildman–Crippen LogP) is 5.44. The Balaban J connectivity index is 2.35. The topological polar surface area (TPSA) is 137 Å². The molecule has 35 heavy (non-hydrogen) atoms. The fourth-order valence-corrected chi connectivity index (χ4v) is 5.58. The van der Waals surface area contributed by atoms with Crippen molar-refractivity contribution in [2.45, 2.75) is 84.7 Å². The molecule has 0 bridgehead atoms. The van der Waals surface area contributed by atoms with Crippen LogP contribution in [-0.2, 0) is 16.6 Å². The fourth-order valence-electron chi connectivity index (χ4n) is 4.16. The maximum atomic E-state index is 12.9. The van der Waals surface area contributed by atoms with Gasteiger partial charge in [0, 0.05) is 17.6 Å². The van der Waals surface area contributed by atoms with Crippen LogP contribution in [0.4, 0.5) is 11.4 Å². The molecule has 0 atom stereocenters. The van der Waals surface area contributed by atoms with Crippen LogP contribution in [0.5, 0.6) is 5.88 Å². The summed E-state index contributed by atoms with van der Waals surface area (Å²) < 4.78 is 29.6. The normalized spacial score (nSPS) is 12.7. The van der Waals surface area contributed by atoms with Crippen molar-refractivity contribution in [1.82, 2.24) is 9.29 Å². The second kappa shape index (κ2) is 10.7. The molecule has 2 N–H and O–H groups in total. The zero-order valence-electron chi connectivity index (χ0n) is 21.5. The van der Waals surface area contributed by atoms with Gasteiger partial charge < -0.3 is 5.11 Å². The molecule has 0 spiro atoms. The predicted molar refractivity (Wildman–Crippen MR) is 136 cm³/mol. The molecule has 2 aromatic rings. The molecule has 0 saturated carbocycles. The second-order valence-corrected chi connectivity index (χ2v) is 12.2. The van der Waals surface area contributed by atoms with E-state index in [-0.39, 0.29) is 39.5 Å². The second-order valence-electron chi connectivity index (χ2n) is 10.5. The van der Waals surface area contributed by atoms with Crippen LogP contribution in [0.15, 0.2) is 44.2 Å². The van der Waals surface area contributed by atoms with Crippen molar-refractivity contribution in [2.75, 3.05) is 0 Å². The van der Waals surface area contributed by atoms with Gasteiger partial charge in [0.15, 0.2) is 5.69 Å². The quantitative estimate of drug-likeness (QED) is 0.441. The number of unbranched alkanes of at least 4 members (excludes halogenated alkanes) is 1. The number of aromatic nitrogens is 1. The van der Waals surface area contributed by atoms with Crippen LogP contribution in [0, 0.1) is 23.7 Å². The average Bonchev–Trinajstić information content (AvgIpc) is 2.71. The van der Waals surface area contributed by atoms with Crippen LogP contribution in [-0.4, -0.2) is 23.6 Å². The van der Waals surface area contributed by atoms with Crippen molar-refractivity contribution in [3.8, 4) is 11.9 Å². The van der Waals surface area contributed by atoms with Gasteiger partial charge in [-0.1, -0.05) is 34.1 Å². The number of rotatable bonds is 9. The van der Waals surface area contributed by atoms with E-state index in [1.54, 1.807) is 0 Å². The number of pyridine rings is 1. The first kappa shape index (κ1) is 28.2. The van der Waals surface area contributed by atoms with E-state index in [0.717, 1.165) is 11.0 Å². The molecule has 0 aliphatic rings. The molecule has 1 aromatic heterocycles. The largest absolute Gasteiger partial charge is 0.493 e. The minimum Gasteiger partial charge on any atom is -0.493 e. The Morgan fingerprint density at radius 1 is 1.11 bits per heavy atom. The number of hydrogen-bond donors (Lipinski definition) is 2. The van der Waals surface area contributed by atoms with E-state index in [1.807, 2.05) is 26.8 Å². The van der Waals surface area contributed by atoms with Gasteiger partial charge >= 0.3 is 0 Å². The Labute approximate surface area is 207 Å². The first-order valence-electron chi connectivity index (χ1n) is 11.5. The van der Waals surface area contributed by atoms with Gasteiger partial charge in [-0.05, 0) is 63.3 Å². The molecule has 0 amide bonds. The van der Waals surface area contributed by atoms with E-state index in [0.29, 0.717) is 18.5 Å². The van der Waals surface area contributed by atoms with Crippen molar-refractivity contribution < 1.29 is 13.5 Å². The van der Waals surface area contributed by atoms with Crippen LogP contribution >= 0.6 is 0 Å². The molecule has 0 radical (unpaired) electrons. The third-order valence-corrected chi connectivity index (χ3v) is 7.01. The van der Waals surface area contributed by atoms with Gasteiger partial charge in [-0.25, -0.2) is 13.1 Å². The maximum absolute atomic E-state index is 12.9. The van der Waals surface area contributed by atoms with Gasteiger partial charge in [0.05, 0.1) is 10.6 Å². The zero-order chi connectivity index (χ0) is 26.6. The summed E-state index contributed by atoms with van der Waals surface area (Å²) in [5, 5.41) is 28.2. The lowest BCUT2D eigenvalue weighted by Crippen LogP contribution is -2.45. The SMILES string of the molecule is CCCCn1c(O)c(N=Nc2ccc(S(=O)(=O)NC(C)(C)CC(C)(C)C)cc2)c(C)c(C#N)c1=O. The number of nitrogens with zero attached hydrogens (tertiary/aromatic N) is 4. The summed E-state index contributed by atoms with van der Waals surface area (Å²) >= 11 is 0. The number of aromatic hydroxyl groups is 1. The summed E-state index contributed by atoms with van der Waals surface area (Å²) in [5.41, 5.74) is -0.740. The molecular formula is C25H35N5O4S. The number of azo groups is 1. The number of hydrogen-bond acceptors (Lipinski definition) is 7. The standard InChI is InChI=1S/C25H35N5O4S/c1-8-9-14-30-22(31)20(15-26)17(2)21(23(30)32)28-27-18-10-12-19(13-11-18)35(33,34)29-25(6,7)16-24(3,4)5/h10-13,29,32H,8-9,14,16H2,1-7H3. The van der Waals surface area contributed by atoms with Gasteiger partial charge in [0.2, 0.25) is 15.9 Å². The third-order valence-electron chi connectivity index (χ3n) is 5.30. The molecular weight excluding hydrogens is 466 g/mol. The zero-order valence-corrected chi connectivity index (χ0v) is 22.3. The summed E-state index contributed by atoms with van der Waals surface area (Å²) in [4.78, 5) is 12.6. The summed E-state index contributed by atoms with van der Waals surface area (Å²) in [7, 11) is -3.75. The first-order chi connectivity index (χ1) is 16.1. The molecule has 190 valence electrons. The molecule has 0 unspecified atom stereocenters. The molecule has 2 rings (SSSR count). The summed E-state index contributed by atoms with van der Waals surface area (Å²) in [5.74, 6) is -0.354. The highest BCUT2D eigenvalue weighted by Crippen LogP contribution is 2.33. The highest BCUT2D eigenvalue weighted by Gasteiger charge is 2.30. The highest BCUT2D eigenvalue weighted by molar-refractivity contribution is 7.89. The van der Waals surface area contributed by atoms with Crippen LogP contribution < -0.4 is 10.3 Å². The van der Waals surface area contributed by atoms with Gasteiger partial charge in [0.1, 0.15) is 11.6 Å². The van der Waals surface area contributed by atoms with Gasteiger partial charge in [0.25, 0.3) is 5.56 Å². The number of benzene rings is 1. The number of nitrogens with one attached hydrogen (secondary N) is 1. The van der Waals surface area contributed by atoms with Crippen molar-refractivity contribution in [3.63, 3.8) is 0 Å². The molecule has 1 aromatic carbocycles. The van der Waals surface area contributed by atoms with Crippen molar-refractivity contribution in [2.24, 2.45) is 15.6 Å². The lowest BCUT2D eigenvalue weighted by Gasteiger charge is -2.32. The Kier molecular flexibility index (Phi) is 8.63. The molecule has 9 nitrogen and oxygen atoms in total. The van der Waals surface area contributed by atoms with Crippen molar-refractivity contribution in [3.05, 3.63) is 45.7 Å². The fraction of sp³-hybridized carbons (Fsp3) is 0.520. The van der Waals surface area contributed by atoms with Crippen molar-refractivity contribution >= 4 is 21.4 Å². The molecule has 10 heteroatoms. The number of nitriles is 1. The Hall–Kier alpha value is -3.03. The Morgan fingerprint density at radius 2 is 1.71 bits per heavy atom.